The molecule has 1 aromatic heterocycles. The molecule has 1 rings (SSSR count). The van der Waals surface area contributed by atoms with Gasteiger partial charge in [-0.25, -0.2) is 0 Å². The van der Waals surface area contributed by atoms with Crippen molar-refractivity contribution in [2.45, 2.75) is 43.9 Å². The minimum Gasteiger partial charge on any atom is -0.481 e. The van der Waals surface area contributed by atoms with Crippen LogP contribution < -0.4 is 5.32 Å². The van der Waals surface area contributed by atoms with Gasteiger partial charge >= 0.3 is 5.97 Å². The van der Waals surface area contributed by atoms with Crippen molar-refractivity contribution in [2.75, 3.05) is 5.75 Å². The largest absolute Gasteiger partial charge is 0.481 e. The van der Waals surface area contributed by atoms with E-state index in [0.717, 1.165) is 4.21 Å². The summed E-state index contributed by atoms with van der Waals surface area (Å²) in [5.74, 6) is -0.676. The number of hydrogen-bond acceptors (Lipinski definition) is 4. The third-order valence-electron chi connectivity index (χ3n) is 2.49. The molecule has 0 aliphatic rings. The van der Waals surface area contributed by atoms with Crippen LogP contribution in [0.4, 0.5) is 0 Å². The fraction of sp³-hybridized carbons (Fsp3) is 0.571. The summed E-state index contributed by atoms with van der Waals surface area (Å²) in [6, 6.07) is 3.59. The van der Waals surface area contributed by atoms with Gasteiger partial charge in [0.2, 0.25) is 5.91 Å². The molecule has 0 bridgehead atoms. The van der Waals surface area contributed by atoms with Crippen molar-refractivity contribution in [3.63, 3.8) is 0 Å². The molecule has 1 amide bonds. The number of aliphatic carboxylic acids is 1. The number of carboxylic acids is 1. The number of thiophene rings is 1. The van der Waals surface area contributed by atoms with E-state index in [2.05, 4.69) is 5.32 Å². The Balaban J connectivity index is 2.46. The number of rotatable bonds is 7. The Morgan fingerprint density at radius 1 is 1.45 bits per heavy atom. The first-order valence-corrected chi connectivity index (χ1v) is 8.30. The lowest BCUT2D eigenvalue weighted by Gasteiger charge is -2.25. The fourth-order valence-electron chi connectivity index (χ4n) is 1.88. The van der Waals surface area contributed by atoms with E-state index < -0.39 is 5.97 Å². The molecule has 0 aliphatic carbocycles. The third-order valence-corrected chi connectivity index (χ3v) is 4.62. The highest BCUT2D eigenvalue weighted by atomic mass is 32.2. The summed E-state index contributed by atoms with van der Waals surface area (Å²) >= 11 is 3.07. The molecule has 0 radical (unpaired) electrons. The molecule has 0 aliphatic heterocycles. The Morgan fingerprint density at radius 3 is 2.65 bits per heavy atom. The van der Waals surface area contributed by atoms with E-state index in [1.165, 1.54) is 11.8 Å². The van der Waals surface area contributed by atoms with E-state index in [1.807, 2.05) is 38.3 Å². The molecule has 1 unspecified atom stereocenters. The summed E-state index contributed by atoms with van der Waals surface area (Å²) in [4.78, 5) is 22.8. The maximum Gasteiger partial charge on any atom is 0.305 e. The molecule has 1 aromatic rings. The second kappa shape index (κ2) is 7.69. The minimum absolute atomic E-state index is 0.0196. The third kappa shape index (κ3) is 7.55. The van der Waals surface area contributed by atoms with Gasteiger partial charge in [0.25, 0.3) is 0 Å². The maximum absolute atomic E-state index is 11.9. The van der Waals surface area contributed by atoms with E-state index >= 15 is 0 Å². The van der Waals surface area contributed by atoms with Crippen molar-refractivity contribution < 1.29 is 14.7 Å². The molecule has 0 fully saturated rings. The van der Waals surface area contributed by atoms with E-state index in [0.29, 0.717) is 12.2 Å². The van der Waals surface area contributed by atoms with Gasteiger partial charge in [-0.2, -0.15) is 0 Å². The van der Waals surface area contributed by atoms with Gasteiger partial charge in [0.05, 0.1) is 16.4 Å². The van der Waals surface area contributed by atoms with Crippen LogP contribution in [0.25, 0.3) is 0 Å². The number of amides is 1. The Hall–Kier alpha value is -1.01. The summed E-state index contributed by atoms with van der Waals surface area (Å²) < 4.78 is 1.09. The summed E-state index contributed by atoms with van der Waals surface area (Å²) in [6.07, 6.45) is 0.612. The van der Waals surface area contributed by atoms with E-state index in [9.17, 15) is 9.59 Å². The minimum atomic E-state index is -0.884. The van der Waals surface area contributed by atoms with Gasteiger partial charge in [-0.15, -0.1) is 23.1 Å². The van der Waals surface area contributed by atoms with Gasteiger partial charge in [-0.1, -0.05) is 26.8 Å². The Morgan fingerprint density at radius 2 is 2.15 bits per heavy atom. The van der Waals surface area contributed by atoms with Gasteiger partial charge in [0, 0.05) is 6.04 Å². The van der Waals surface area contributed by atoms with Gasteiger partial charge in [-0.3, -0.25) is 9.59 Å². The molecule has 0 aromatic carbocycles. The van der Waals surface area contributed by atoms with Crippen molar-refractivity contribution in [2.24, 2.45) is 5.41 Å². The second-order valence-corrected chi connectivity index (χ2v) is 8.07. The average Bonchev–Trinajstić information content (AvgIpc) is 2.75. The molecule has 1 atom stereocenters. The average molecular weight is 315 g/mol. The van der Waals surface area contributed by atoms with Gasteiger partial charge in [0.1, 0.15) is 0 Å². The number of carboxylic acid groups (broad SMARTS) is 1. The van der Waals surface area contributed by atoms with E-state index in [4.69, 9.17) is 5.11 Å². The molecule has 0 saturated heterocycles. The highest BCUT2D eigenvalue weighted by Gasteiger charge is 2.22. The first-order chi connectivity index (χ1) is 9.26. The summed E-state index contributed by atoms with van der Waals surface area (Å²) in [5, 5.41) is 13.7. The lowest BCUT2D eigenvalue weighted by Crippen LogP contribution is -2.39. The van der Waals surface area contributed by atoms with Crippen LogP contribution in [0.3, 0.4) is 0 Å². The van der Waals surface area contributed by atoms with Crippen molar-refractivity contribution in [1.29, 1.82) is 0 Å². The van der Waals surface area contributed by atoms with Crippen LogP contribution in [0.5, 0.6) is 0 Å². The van der Waals surface area contributed by atoms with Crippen LogP contribution >= 0.6 is 23.1 Å². The van der Waals surface area contributed by atoms with Crippen LogP contribution in [-0.4, -0.2) is 28.8 Å². The summed E-state index contributed by atoms with van der Waals surface area (Å²) in [7, 11) is 0. The van der Waals surface area contributed by atoms with Crippen molar-refractivity contribution >= 4 is 35.0 Å². The first-order valence-electron chi connectivity index (χ1n) is 6.44. The molecule has 2 N–H and O–H groups in total. The molecule has 0 saturated carbocycles. The molecule has 20 heavy (non-hydrogen) atoms. The Labute approximate surface area is 128 Å². The van der Waals surface area contributed by atoms with E-state index in [-0.39, 0.29) is 23.8 Å². The summed E-state index contributed by atoms with van der Waals surface area (Å²) in [6.45, 7) is 6.11. The number of carbonyl (C=O) groups excluding carboxylic acids is 1. The molecular weight excluding hydrogens is 294 g/mol. The van der Waals surface area contributed by atoms with Gasteiger partial charge in [-0.05, 0) is 23.3 Å². The highest BCUT2D eigenvalue weighted by molar-refractivity contribution is 8.01. The molecule has 1 heterocycles. The van der Waals surface area contributed by atoms with E-state index in [1.54, 1.807) is 11.3 Å². The van der Waals surface area contributed by atoms with Crippen LogP contribution in [0, 0.1) is 5.41 Å². The quantitative estimate of drug-likeness (QED) is 0.758. The number of nitrogens with one attached hydrogen (secondary N) is 1. The molecule has 6 heteroatoms. The first kappa shape index (κ1) is 17.0. The SMILES string of the molecule is CC(C)(C)CC(CC(=O)O)NC(=O)CSc1cccs1. The lowest BCUT2D eigenvalue weighted by atomic mass is 9.87. The lowest BCUT2D eigenvalue weighted by molar-refractivity contribution is -0.137. The standard InChI is InChI=1S/C14H21NO3S2/c1-14(2,3)8-10(7-12(17)18)15-11(16)9-20-13-5-4-6-19-13/h4-6,10H,7-9H2,1-3H3,(H,15,16)(H,17,18). The summed E-state index contributed by atoms with van der Waals surface area (Å²) in [5.41, 5.74) is -0.0196. The van der Waals surface area contributed by atoms with Crippen molar-refractivity contribution in [1.82, 2.24) is 5.32 Å². The van der Waals surface area contributed by atoms with Crippen molar-refractivity contribution in [3.05, 3.63) is 17.5 Å². The van der Waals surface area contributed by atoms with Crippen molar-refractivity contribution in [3.8, 4) is 0 Å². The van der Waals surface area contributed by atoms with Crippen LogP contribution in [0.15, 0.2) is 21.7 Å². The predicted molar refractivity (Wildman–Crippen MR) is 83.3 cm³/mol. The topological polar surface area (TPSA) is 66.4 Å². The van der Waals surface area contributed by atoms with Gasteiger partial charge in [0.15, 0.2) is 0 Å². The smallest absolute Gasteiger partial charge is 0.305 e. The number of thioether (sulfide) groups is 1. The zero-order valence-electron chi connectivity index (χ0n) is 12.0. The predicted octanol–water partition coefficient (Wildman–Crippen LogP) is 3.24. The van der Waals surface area contributed by atoms with Crippen LogP contribution in [0.1, 0.15) is 33.6 Å². The molecule has 0 spiro atoms. The highest BCUT2D eigenvalue weighted by Crippen LogP contribution is 2.24. The monoisotopic (exact) mass is 315 g/mol. The molecule has 4 nitrogen and oxygen atoms in total. The molecular formula is C14H21NO3S2. The number of carbonyl (C=O) groups is 2. The second-order valence-electron chi connectivity index (χ2n) is 5.85. The fourth-order valence-corrected chi connectivity index (χ4v) is 3.47. The maximum atomic E-state index is 11.9. The van der Waals surface area contributed by atoms with Crippen LogP contribution in [0.2, 0.25) is 0 Å². The zero-order chi connectivity index (χ0) is 15.2. The molecule has 112 valence electrons. The number of hydrogen-bond donors (Lipinski definition) is 2. The van der Waals surface area contributed by atoms with Gasteiger partial charge < -0.3 is 10.4 Å². The normalized spacial score (nSPS) is 12.9. The Kier molecular flexibility index (Phi) is 6.55. The zero-order valence-corrected chi connectivity index (χ0v) is 13.6. The van der Waals surface area contributed by atoms with Crippen LogP contribution in [-0.2, 0) is 9.59 Å². The Bertz CT molecular complexity index is 438.